The Bertz CT molecular complexity index is 1100. The summed E-state index contributed by atoms with van der Waals surface area (Å²) in [5.41, 5.74) is 1.03. The summed E-state index contributed by atoms with van der Waals surface area (Å²) in [5.74, 6) is -0.578. The minimum absolute atomic E-state index is 0.127. The van der Waals surface area contributed by atoms with E-state index < -0.39 is 27.9 Å². The van der Waals surface area contributed by atoms with Gasteiger partial charge in [0.2, 0.25) is 5.91 Å². The second-order valence-electron chi connectivity index (χ2n) is 7.36. The van der Waals surface area contributed by atoms with Crippen molar-refractivity contribution in [2.24, 2.45) is 4.99 Å². The number of amidine groups is 1. The molecule has 0 spiro atoms. The van der Waals surface area contributed by atoms with E-state index in [-0.39, 0.29) is 22.4 Å². The molecule has 166 valence electrons. The second kappa shape index (κ2) is 9.47. The van der Waals surface area contributed by atoms with E-state index in [1.165, 1.54) is 25.3 Å². The number of carbonyl (C=O) groups is 1. The molecule has 0 fully saturated rings. The van der Waals surface area contributed by atoms with Crippen LogP contribution in [0.15, 0.2) is 52.4 Å². The molecular formula is C22H26FN3O4S. The van der Waals surface area contributed by atoms with Crippen LogP contribution in [0.4, 0.5) is 4.39 Å². The lowest BCUT2D eigenvalue weighted by Crippen LogP contribution is -2.37. The molecule has 0 aromatic heterocycles. The highest BCUT2D eigenvalue weighted by Gasteiger charge is 2.32. The van der Waals surface area contributed by atoms with Crippen molar-refractivity contribution in [2.45, 2.75) is 50.1 Å². The molecule has 1 aliphatic rings. The number of halogens is 1. The van der Waals surface area contributed by atoms with Gasteiger partial charge in [-0.15, -0.1) is 0 Å². The molecule has 0 saturated heterocycles. The molecular weight excluding hydrogens is 421 g/mol. The van der Waals surface area contributed by atoms with Crippen molar-refractivity contribution in [3.63, 3.8) is 0 Å². The number of ether oxygens (including phenoxy) is 1. The third kappa shape index (κ3) is 5.04. The van der Waals surface area contributed by atoms with Crippen LogP contribution in [0.2, 0.25) is 0 Å². The topological polar surface area (TPSA) is 96.9 Å². The zero-order valence-electron chi connectivity index (χ0n) is 17.7. The molecule has 0 aliphatic carbocycles. The first-order chi connectivity index (χ1) is 14.8. The lowest BCUT2D eigenvalue weighted by atomic mass is 10.1. The van der Waals surface area contributed by atoms with E-state index in [0.717, 1.165) is 12.8 Å². The Morgan fingerprint density at radius 3 is 2.68 bits per heavy atom. The van der Waals surface area contributed by atoms with E-state index in [9.17, 15) is 17.6 Å². The maximum atomic E-state index is 14.0. The molecule has 1 amide bonds. The first-order valence-electron chi connectivity index (χ1n) is 10.1. The first kappa shape index (κ1) is 22.7. The molecule has 7 nitrogen and oxygen atoms in total. The quantitative estimate of drug-likeness (QED) is 0.649. The maximum Gasteiger partial charge on any atom is 0.263 e. The molecule has 2 unspecified atom stereocenters. The average molecular weight is 448 g/mol. The highest BCUT2D eigenvalue weighted by molar-refractivity contribution is 7.90. The van der Waals surface area contributed by atoms with Crippen molar-refractivity contribution in [1.29, 1.82) is 0 Å². The van der Waals surface area contributed by atoms with Gasteiger partial charge >= 0.3 is 0 Å². The number of rotatable bonds is 8. The van der Waals surface area contributed by atoms with E-state index in [2.05, 4.69) is 15.0 Å². The number of hydrogen-bond acceptors (Lipinski definition) is 5. The number of fused-ring (bicyclic) bond motifs is 1. The number of methoxy groups -OCH3 is 1. The Morgan fingerprint density at radius 1 is 1.26 bits per heavy atom. The standard InChI is InChI=1S/C22H26FN3O4S/c1-4-5-9-18(25-21-16-8-6-7-10-20(16)31(28,29)26-21)22(27)24-14(2)15-11-12-19(30-3)17(23)13-15/h6-8,10-14,18H,4-5,9H2,1-3H3,(H,24,27)(H,25,26). The highest BCUT2D eigenvalue weighted by atomic mass is 32.2. The van der Waals surface area contributed by atoms with E-state index >= 15 is 0 Å². The summed E-state index contributed by atoms with van der Waals surface area (Å²) >= 11 is 0. The van der Waals surface area contributed by atoms with Crippen LogP contribution in [-0.2, 0) is 14.8 Å². The van der Waals surface area contributed by atoms with Gasteiger partial charge in [-0.1, -0.05) is 38.0 Å². The Morgan fingerprint density at radius 2 is 2.00 bits per heavy atom. The van der Waals surface area contributed by atoms with E-state index in [1.807, 2.05) is 6.92 Å². The lowest BCUT2D eigenvalue weighted by molar-refractivity contribution is -0.123. The summed E-state index contributed by atoms with van der Waals surface area (Å²) in [5, 5.41) is 2.86. The van der Waals surface area contributed by atoms with Gasteiger partial charge in [0.1, 0.15) is 11.9 Å². The monoisotopic (exact) mass is 447 g/mol. The largest absolute Gasteiger partial charge is 0.494 e. The van der Waals surface area contributed by atoms with Crippen LogP contribution >= 0.6 is 0 Å². The van der Waals surface area contributed by atoms with Crippen LogP contribution in [0.25, 0.3) is 0 Å². The van der Waals surface area contributed by atoms with Gasteiger partial charge in [0, 0.05) is 5.56 Å². The van der Waals surface area contributed by atoms with E-state index in [1.54, 1.807) is 31.2 Å². The van der Waals surface area contributed by atoms with Crippen LogP contribution in [-0.4, -0.2) is 33.3 Å². The first-order valence-corrected chi connectivity index (χ1v) is 11.6. The van der Waals surface area contributed by atoms with Crippen molar-refractivity contribution < 1.29 is 22.3 Å². The molecule has 9 heteroatoms. The number of sulfonamides is 1. The summed E-state index contributed by atoms with van der Waals surface area (Å²) in [7, 11) is -2.30. The SMILES string of the molecule is CCCCC(N=C1NS(=O)(=O)c2ccccc21)C(=O)NC(C)c1ccc(OC)c(F)c1. The Balaban J connectivity index is 1.83. The van der Waals surface area contributed by atoms with Crippen LogP contribution < -0.4 is 14.8 Å². The molecule has 2 aromatic carbocycles. The van der Waals surface area contributed by atoms with Crippen LogP contribution in [0, 0.1) is 5.82 Å². The molecule has 1 heterocycles. The molecule has 0 bridgehead atoms. The average Bonchev–Trinajstić information content (AvgIpc) is 3.01. The molecule has 0 saturated carbocycles. The van der Waals surface area contributed by atoms with Crippen molar-refractivity contribution >= 4 is 21.8 Å². The van der Waals surface area contributed by atoms with Crippen molar-refractivity contribution in [2.75, 3.05) is 7.11 Å². The predicted molar refractivity (Wildman–Crippen MR) is 116 cm³/mol. The van der Waals surface area contributed by atoms with E-state index in [4.69, 9.17) is 4.74 Å². The molecule has 2 aromatic rings. The lowest BCUT2D eigenvalue weighted by Gasteiger charge is -2.19. The molecule has 31 heavy (non-hydrogen) atoms. The molecule has 2 atom stereocenters. The summed E-state index contributed by atoms with van der Waals surface area (Å²) in [4.78, 5) is 17.6. The minimum atomic E-state index is -3.69. The van der Waals surface area contributed by atoms with Crippen LogP contribution in [0.5, 0.6) is 5.75 Å². The van der Waals surface area contributed by atoms with Gasteiger partial charge in [0.15, 0.2) is 11.6 Å². The fraction of sp³-hybridized carbons (Fsp3) is 0.364. The molecule has 3 rings (SSSR count). The number of unbranched alkanes of at least 4 members (excludes halogenated alkanes) is 1. The third-order valence-electron chi connectivity index (χ3n) is 5.12. The number of hydrogen-bond donors (Lipinski definition) is 2. The van der Waals surface area contributed by atoms with Crippen LogP contribution in [0.3, 0.4) is 0 Å². The van der Waals surface area contributed by atoms with Gasteiger partial charge in [0.05, 0.1) is 18.0 Å². The van der Waals surface area contributed by atoms with Crippen molar-refractivity contribution in [3.8, 4) is 5.75 Å². The second-order valence-corrected chi connectivity index (χ2v) is 9.01. The zero-order valence-corrected chi connectivity index (χ0v) is 18.5. The molecule has 0 radical (unpaired) electrons. The summed E-state index contributed by atoms with van der Waals surface area (Å²) < 4.78 is 46.1. The third-order valence-corrected chi connectivity index (χ3v) is 6.51. The Kier molecular flexibility index (Phi) is 6.94. The summed E-state index contributed by atoms with van der Waals surface area (Å²) in [6, 6.07) is 9.77. The van der Waals surface area contributed by atoms with Gasteiger partial charge in [-0.25, -0.2) is 12.8 Å². The maximum absolute atomic E-state index is 14.0. The van der Waals surface area contributed by atoms with Gasteiger partial charge in [0.25, 0.3) is 10.0 Å². The predicted octanol–water partition coefficient (Wildman–Crippen LogP) is 3.31. The number of benzene rings is 2. The van der Waals surface area contributed by atoms with Crippen molar-refractivity contribution in [3.05, 3.63) is 59.4 Å². The van der Waals surface area contributed by atoms with Gasteiger partial charge in [-0.2, -0.15) is 0 Å². The smallest absolute Gasteiger partial charge is 0.263 e. The van der Waals surface area contributed by atoms with Crippen LogP contribution in [0.1, 0.15) is 50.3 Å². The Labute approximate surface area is 181 Å². The number of nitrogens with one attached hydrogen (secondary N) is 2. The summed E-state index contributed by atoms with van der Waals surface area (Å²) in [6.07, 6.45) is 2.06. The number of carbonyl (C=O) groups excluding carboxylic acids is 1. The minimum Gasteiger partial charge on any atom is -0.494 e. The van der Waals surface area contributed by atoms with E-state index in [0.29, 0.717) is 17.5 Å². The Hall–Kier alpha value is -2.94. The number of aliphatic imine (C=N–C) groups is 1. The highest BCUT2D eigenvalue weighted by Crippen LogP contribution is 2.24. The normalized spacial score (nSPS) is 17.5. The number of nitrogens with zero attached hydrogens (tertiary/aromatic N) is 1. The number of amides is 1. The van der Waals surface area contributed by atoms with Crippen molar-refractivity contribution in [1.82, 2.24) is 10.0 Å². The van der Waals surface area contributed by atoms with Gasteiger partial charge in [-0.3, -0.25) is 14.5 Å². The zero-order chi connectivity index (χ0) is 22.6. The van der Waals surface area contributed by atoms with Gasteiger partial charge in [-0.05, 0) is 43.2 Å². The van der Waals surface area contributed by atoms with Gasteiger partial charge < -0.3 is 10.1 Å². The fourth-order valence-electron chi connectivity index (χ4n) is 3.38. The molecule has 2 N–H and O–H groups in total. The molecule has 1 aliphatic heterocycles. The summed E-state index contributed by atoms with van der Waals surface area (Å²) in [6.45, 7) is 3.75. The fourth-order valence-corrected chi connectivity index (χ4v) is 4.62.